The summed E-state index contributed by atoms with van der Waals surface area (Å²) in [4.78, 5) is 23.2. The number of nitrogens with zero attached hydrogens (tertiary/aromatic N) is 3. The van der Waals surface area contributed by atoms with Crippen molar-refractivity contribution in [3.63, 3.8) is 0 Å². The van der Waals surface area contributed by atoms with Gasteiger partial charge in [0.15, 0.2) is 6.61 Å². The number of rotatable bonds is 6. The monoisotopic (exact) mass is 308 g/mol. The van der Waals surface area contributed by atoms with Crippen molar-refractivity contribution in [2.45, 2.75) is 19.4 Å². The number of amides is 1. The molecule has 6 nitrogen and oxygen atoms in total. The first-order valence-corrected chi connectivity index (χ1v) is 6.44. The molecule has 0 atom stereocenters. The molecule has 0 aliphatic heterocycles. The molecule has 2 aromatic rings. The van der Waals surface area contributed by atoms with Gasteiger partial charge in [0, 0.05) is 31.9 Å². The predicted octanol–water partition coefficient (Wildman–Crippen LogP) is 1.84. The van der Waals surface area contributed by atoms with Gasteiger partial charge in [0.25, 0.3) is 11.8 Å². The van der Waals surface area contributed by atoms with Crippen LogP contribution in [-0.2, 0) is 6.54 Å². The summed E-state index contributed by atoms with van der Waals surface area (Å²) in [7, 11) is 0. The van der Waals surface area contributed by atoms with E-state index in [4.69, 9.17) is 4.74 Å². The van der Waals surface area contributed by atoms with Crippen LogP contribution in [0.3, 0.4) is 0 Å². The Balaban J connectivity index is 1.85. The van der Waals surface area contributed by atoms with E-state index in [1.54, 1.807) is 6.07 Å². The summed E-state index contributed by atoms with van der Waals surface area (Å²) in [6, 6.07) is 4.60. The Morgan fingerprint density at radius 3 is 2.73 bits per heavy atom. The molecular weight excluding hydrogens is 294 g/mol. The molecule has 0 bridgehead atoms. The van der Waals surface area contributed by atoms with Gasteiger partial charge in [-0.15, -0.1) is 0 Å². The Morgan fingerprint density at radius 2 is 2.14 bits per heavy atom. The summed E-state index contributed by atoms with van der Waals surface area (Å²) in [5, 5.41) is 2.66. The molecule has 0 saturated heterocycles. The van der Waals surface area contributed by atoms with E-state index in [0.717, 1.165) is 6.92 Å². The van der Waals surface area contributed by atoms with Gasteiger partial charge in [-0.3, -0.25) is 4.79 Å². The van der Waals surface area contributed by atoms with Crippen molar-refractivity contribution in [2.75, 3.05) is 6.61 Å². The minimum Gasteiger partial charge on any atom is -0.471 e. The standard InChI is InChI=1S/C14H14F2N4O2/c1-14(15,16)8-22-12-3-2-10(6-18-12)7-19-13(21)11-4-5-17-9-20-11/h2-6,9H,7-8H2,1H3,(H,19,21). The molecule has 116 valence electrons. The van der Waals surface area contributed by atoms with Gasteiger partial charge < -0.3 is 10.1 Å². The van der Waals surface area contributed by atoms with Gasteiger partial charge in [-0.2, -0.15) is 0 Å². The van der Waals surface area contributed by atoms with Gasteiger partial charge >= 0.3 is 0 Å². The zero-order valence-electron chi connectivity index (χ0n) is 11.8. The molecule has 0 aromatic carbocycles. The number of ether oxygens (including phenoxy) is 1. The van der Waals surface area contributed by atoms with E-state index in [1.807, 2.05) is 0 Å². The zero-order chi connectivity index (χ0) is 16.0. The first-order chi connectivity index (χ1) is 10.4. The molecule has 0 spiro atoms. The second kappa shape index (κ2) is 6.88. The van der Waals surface area contributed by atoms with E-state index in [0.29, 0.717) is 5.56 Å². The van der Waals surface area contributed by atoms with Crippen LogP contribution in [0, 0.1) is 0 Å². The Morgan fingerprint density at radius 1 is 1.32 bits per heavy atom. The summed E-state index contributed by atoms with van der Waals surface area (Å²) in [6.45, 7) is 0.272. The number of pyridine rings is 1. The van der Waals surface area contributed by atoms with E-state index in [9.17, 15) is 13.6 Å². The second-order valence-electron chi connectivity index (χ2n) is 4.64. The van der Waals surface area contributed by atoms with Gasteiger partial charge in [0.1, 0.15) is 12.0 Å². The predicted molar refractivity (Wildman–Crippen MR) is 73.6 cm³/mol. The first kappa shape index (κ1) is 15.7. The van der Waals surface area contributed by atoms with Gasteiger partial charge in [-0.05, 0) is 11.6 Å². The van der Waals surface area contributed by atoms with Crippen LogP contribution < -0.4 is 10.1 Å². The highest BCUT2D eigenvalue weighted by molar-refractivity contribution is 5.91. The molecule has 2 aromatic heterocycles. The van der Waals surface area contributed by atoms with Crippen molar-refractivity contribution in [2.24, 2.45) is 0 Å². The number of nitrogens with one attached hydrogen (secondary N) is 1. The number of carbonyl (C=O) groups is 1. The van der Waals surface area contributed by atoms with Crippen LogP contribution in [0.4, 0.5) is 8.78 Å². The Hall–Kier alpha value is -2.64. The molecule has 8 heteroatoms. The molecule has 0 aliphatic carbocycles. The molecule has 0 radical (unpaired) electrons. The molecule has 0 saturated carbocycles. The lowest BCUT2D eigenvalue weighted by molar-refractivity contribution is -0.0242. The van der Waals surface area contributed by atoms with Crippen LogP contribution in [0.25, 0.3) is 0 Å². The van der Waals surface area contributed by atoms with Crippen molar-refractivity contribution in [1.29, 1.82) is 0 Å². The summed E-state index contributed by atoms with van der Waals surface area (Å²) in [5.74, 6) is -3.15. The number of hydrogen-bond acceptors (Lipinski definition) is 5. The molecule has 0 fully saturated rings. The third-order valence-corrected chi connectivity index (χ3v) is 2.54. The second-order valence-corrected chi connectivity index (χ2v) is 4.64. The number of hydrogen-bond donors (Lipinski definition) is 1. The summed E-state index contributed by atoms with van der Waals surface area (Å²) < 4.78 is 30.1. The van der Waals surface area contributed by atoms with Crippen molar-refractivity contribution >= 4 is 5.91 Å². The molecule has 22 heavy (non-hydrogen) atoms. The maximum Gasteiger partial charge on any atom is 0.278 e. The smallest absolute Gasteiger partial charge is 0.278 e. The maximum atomic E-state index is 12.6. The SMILES string of the molecule is CC(F)(F)COc1ccc(CNC(=O)c2ccncn2)cn1. The largest absolute Gasteiger partial charge is 0.471 e. The number of aromatic nitrogens is 3. The van der Waals surface area contributed by atoms with E-state index in [2.05, 4.69) is 20.3 Å². The van der Waals surface area contributed by atoms with E-state index in [-0.39, 0.29) is 24.0 Å². The van der Waals surface area contributed by atoms with Crippen LogP contribution in [0.15, 0.2) is 36.9 Å². The lowest BCUT2D eigenvalue weighted by Crippen LogP contribution is -2.24. The Kier molecular flexibility index (Phi) is 4.92. The average molecular weight is 308 g/mol. The highest BCUT2D eigenvalue weighted by Crippen LogP contribution is 2.14. The molecular formula is C14H14F2N4O2. The van der Waals surface area contributed by atoms with Gasteiger partial charge in [-0.25, -0.2) is 23.7 Å². The Labute approximate surface area is 125 Å². The number of halogens is 2. The third kappa shape index (κ3) is 5.04. The van der Waals surface area contributed by atoms with Crippen molar-refractivity contribution in [1.82, 2.24) is 20.3 Å². The molecule has 2 heterocycles. The normalized spacial score (nSPS) is 11.0. The highest BCUT2D eigenvalue weighted by atomic mass is 19.3. The average Bonchev–Trinajstić information content (AvgIpc) is 2.52. The molecule has 0 aliphatic rings. The van der Waals surface area contributed by atoms with Crippen LogP contribution >= 0.6 is 0 Å². The van der Waals surface area contributed by atoms with Gasteiger partial charge in [-0.1, -0.05) is 6.07 Å². The Bertz CT molecular complexity index is 615. The van der Waals surface area contributed by atoms with Crippen molar-refractivity contribution in [3.8, 4) is 5.88 Å². The van der Waals surface area contributed by atoms with Crippen molar-refractivity contribution in [3.05, 3.63) is 48.2 Å². The third-order valence-electron chi connectivity index (χ3n) is 2.54. The van der Waals surface area contributed by atoms with Crippen LogP contribution in [-0.4, -0.2) is 33.4 Å². The first-order valence-electron chi connectivity index (χ1n) is 6.44. The minimum atomic E-state index is -2.91. The van der Waals surface area contributed by atoms with Gasteiger partial charge in [0.2, 0.25) is 5.88 Å². The number of alkyl halides is 2. The maximum absolute atomic E-state index is 12.6. The highest BCUT2D eigenvalue weighted by Gasteiger charge is 2.22. The summed E-state index contributed by atoms with van der Waals surface area (Å²) >= 11 is 0. The fourth-order valence-corrected chi connectivity index (χ4v) is 1.50. The van der Waals surface area contributed by atoms with Crippen LogP contribution in [0.2, 0.25) is 0 Å². The summed E-state index contributed by atoms with van der Waals surface area (Å²) in [6.07, 6.45) is 4.20. The van der Waals surface area contributed by atoms with E-state index < -0.39 is 12.5 Å². The quantitative estimate of drug-likeness (QED) is 0.881. The topological polar surface area (TPSA) is 77.0 Å². The fraction of sp³-hybridized carbons (Fsp3) is 0.286. The lowest BCUT2D eigenvalue weighted by Gasteiger charge is -2.11. The van der Waals surface area contributed by atoms with E-state index in [1.165, 1.54) is 30.9 Å². The molecule has 0 unspecified atom stereocenters. The van der Waals surface area contributed by atoms with Crippen LogP contribution in [0.1, 0.15) is 23.0 Å². The van der Waals surface area contributed by atoms with Crippen molar-refractivity contribution < 1.29 is 18.3 Å². The van der Waals surface area contributed by atoms with E-state index >= 15 is 0 Å². The molecule has 1 N–H and O–H groups in total. The minimum absolute atomic E-state index is 0.104. The summed E-state index contributed by atoms with van der Waals surface area (Å²) in [5.41, 5.74) is 0.964. The zero-order valence-corrected chi connectivity index (χ0v) is 11.8. The molecule has 2 rings (SSSR count). The fourth-order valence-electron chi connectivity index (χ4n) is 1.50. The number of carbonyl (C=O) groups excluding carboxylic acids is 1. The molecule has 1 amide bonds. The lowest BCUT2D eigenvalue weighted by atomic mass is 10.2. The van der Waals surface area contributed by atoms with Crippen LogP contribution in [0.5, 0.6) is 5.88 Å². The van der Waals surface area contributed by atoms with Gasteiger partial charge in [0.05, 0.1) is 0 Å².